The molecule has 3 aromatic rings. The molecule has 0 spiro atoms. The number of fused-ring (bicyclic) bond motifs is 1. The van der Waals surface area contributed by atoms with Gasteiger partial charge in [0, 0.05) is 50.9 Å². The van der Waals surface area contributed by atoms with Gasteiger partial charge in [-0.3, -0.25) is 0 Å². The van der Waals surface area contributed by atoms with Gasteiger partial charge in [0.15, 0.2) is 5.65 Å². The van der Waals surface area contributed by atoms with Gasteiger partial charge >= 0.3 is 0 Å². The number of nitrogens with zero attached hydrogens (tertiary/aromatic N) is 7. The van der Waals surface area contributed by atoms with Gasteiger partial charge in [-0.2, -0.15) is 4.98 Å². The van der Waals surface area contributed by atoms with Crippen LogP contribution in [0.4, 0.5) is 17.5 Å². The molecule has 0 amide bonds. The van der Waals surface area contributed by atoms with Crippen molar-refractivity contribution in [3.05, 3.63) is 35.8 Å². The molecule has 5 rings (SSSR count). The summed E-state index contributed by atoms with van der Waals surface area (Å²) in [6.45, 7) is 10.6. The highest BCUT2D eigenvalue weighted by Gasteiger charge is 2.19. The molecule has 0 aromatic carbocycles. The van der Waals surface area contributed by atoms with Crippen molar-refractivity contribution in [3.63, 3.8) is 0 Å². The number of likely N-dealkylation sites (N-methyl/N-ethyl adjacent to an activating group) is 1. The first-order valence-electron chi connectivity index (χ1n) is 11.4. The minimum absolute atomic E-state index is 0.598. The fourth-order valence-electron chi connectivity index (χ4n) is 4.68. The van der Waals surface area contributed by atoms with E-state index in [9.17, 15) is 0 Å². The van der Waals surface area contributed by atoms with E-state index in [1.807, 2.05) is 12.3 Å². The van der Waals surface area contributed by atoms with Crippen LogP contribution in [0.3, 0.4) is 0 Å². The number of hydrogen-bond donors (Lipinski definition) is 1. The molecular formula is C23H32N8. The maximum atomic E-state index is 4.89. The molecule has 8 heteroatoms. The Morgan fingerprint density at radius 3 is 2.39 bits per heavy atom. The Morgan fingerprint density at radius 2 is 1.68 bits per heavy atom. The van der Waals surface area contributed by atoms with Gasteiger partial charge < -0.3 is 20.1 Å². The van der Waals surface area contributed by atoms with Crippen LogP contribution in [0, 0.1) is 13.8 Å². The third-order valence-electron chi connectivity index (χ3n) is 6.49. The molecule has 2 fully saturated rings. The number of rotatable bonds is 4. The molecule has 0 atom stereocenters. The minimum Gasteiger partial charge on any atom is -0.368 e. The van der Waals surface area contributed by atoms with Crippen molar-refractivity contribution >= 4 is 28.5 Å². The van der Waals surface area contributed by atoms with Crippen LogP contribution in [0.5, 0.6) is 0 Å². The Labute approximate surface area is 183 Å². The van der Waals surface area contributed by atoms with Crippen molar-refractivity contribution in [2.75, 3.05) is 61.5 Å². The lowest BCUT2D eigenvalue weighted by Gasteiger charge is -2.33. The van der Waals surface area contributed by atoms with Gasteiger partial charge in [-0.25, -0.2) is 14.6 Å². The van der Waals surface area contributed by atoms with Gasteiger partial charge in [0.25, 0.3) is 0 Å². The maximum Gasteiger partial charge on any atom is 0.230 e. The average molecular weight is 421 g/mol. The van der Waals surface area contributed by atoms with Gasteiger partial charge in [0.2, 0.25) is 5.95 Å². The van der Waals surface area contributed by atoms with E-state index in [0.29, 0.717) is 5.95 Å². The molecule has 2 saturated heterocycles. The highest BCUT2D eigenvalue weighted by atomic mass is 15.6. The molecule has 164 valence electrons. The van der Waals surface area contributed by atoms with Crippen molar-refractivity contribution < 1.29 is 0 Å². The molecule has 1 N–H and O–H groups in total. The number of hydrogen-bond acceptors (Lipinski definition) is 7. The highest BCUT2D eigenvalue weighted by molar-refractivity contribution is 5.84. The van der Waals surface area contributed by atoms with E-state index < -0.39 is 0 Å². The van der Waals surface area contributed by atoms with Crippen molar-refractivity contribution in [2.45, 2.75) is 33.1 Å². The monoisotopic (exact) mass is 420 g/mol. The van der Waals surface area contributed by atoms with Crippen LogP contribution in [0.2, 0.25) is 0 Å². The maximum absolute atomic E-state index is 4.89. The van der Waals surface area contributed by atoms with Gasteiger partial charge in [-0.15, -0.1) is 0 Å². The Hall–Kier alpha value is -2.87. The molecule has 0 aliphatic carbocycles. The standard InChI is InChI=1S/C23H32N8/c1-17-16-31(30-9-5-4-6-10-30)22-21(17)18(2)25-23(27-22)26-20-8-7-19(15-24-20)29-13-11-28(3)12-14-29/h7-8,15-16H,4-6,9-14H2,1-3H3,(H,24,25,26,27). The zero-order chi connectivity index (χ0) is 21.4. The van der Waals surface area contributed by atoms with E-state index in [2.05, 4.69) is 62.9 Å². The van der Waals surface area contributed by atoms with Crippen molar-refractivity contribution in [3.8, 4) is 0 Å². The summed E-state index contributed by atoms with van der Waals surface area (Å²) in [4.78, 5) is 19.0. The summed E-state index contributed by atoms with van der Waals surface area (Å²) in [6, 6.07) is 4.15. The number of aryl methyl sites for hydroxylation is 2. The van der Waals surface area contributed by atoms with E-state index in [-0.39, 0.29) is 0 Å². The zero-order valence-corrected chi connectivity index (χ0v) is 18.8. The van der Waals surface area contributed by atoms with Crippen molar-refractivity contribution in [2.24, 2.45) is 0 Å². The van der Waals surface area contributed by atoms with Crippen molar-refractivity contribution in [1.82, 2.24) is 24.5 Å². The average Bonchev–Trinajstić information content (AvgIpc) is 3.12. The Kier molecular flexibility index (Phi) is 5.40. The largest absolute Gasteiger partial charge is 0.368 e. The fourth-order valence-corrected chi connectivity index (χ4v) is 4.68. The summed E-state index contributed by atoms with van der Waals surface area (Å²) < 4.78 is 2.23. The predicted molar refractivity (Wildman–Crippen MR) is 126 cm³/mol. The molecule has 2 aliphatic heterocycles. The molecule has 31 heavy (non-hydrogen) atoms. The van der Waals surface area contributed by atoms with Crippen LogP contribution < -0.4 is 15.2 Å². The van der Waals surface area contributed by atoms with Crippen LogP contribution in [-0.2, 0) is 0 Å². The fraction of sp³-hybridized carbons (Fsp3) is 0.522. The van der Waals surface area contributed by atoms with Gasteiger partial charge in [-0.05, 0) is 57.9 Å². The predicted octanol–water partition coefficient (Wildman–Crippen LogP) is 3.06. The summed E-state index contributed by atoms with van der Waals surface area (Å²) in [5, 5.41) is 6.87. The third-order valence-corrected chi connectivity index (χ3v) is 6.49. The summed E-state index contributed by atoms with van der Waals surface area (Å²) in [7, 11) is 2.17. The first-order valence-corrected chi connectivity index (χ1v) is 11.4. The van der Waals surface area contributed by atoms with E-state index in [0.717, 1.165) is 61.8 Å². The molecule has 0 saturated carbocycles. The lowest BCUT2D eigenvalue weighted by Crippen LogP contribution is -2.44. The number of pyridine rings is 1. The summed E-state index contributed by atoms with van der Waals surface area (Å²) in [5.41, 5.74) is 4.36. The smallest absolute Gasteiger partial charge is 0.230 e. The molecule has 3 aromatic heterocycles. The number of anilines is 3. The Morgan fingerprint density at radius 1 is 0.903 bits per heavy atom. The Bertz CT molecular complexity index is 1040. The first-order chi connectivity index (χ1) is 15.1. The summed E-state index contributed by atoms with van der Waals surface area (Å²) in [6.07, 6.45) is 7.92. The molecule has 0 bridgehead atoms. The molecule has 5 heterocycles. The van der Waals surface area contributed by atoms with Gasteiger partial charge in [0.1, 0.15) is 5.82 Å². The zero-order valence-electron chi connectivity index (χ0n) is 18.8. The number of nitrogens with one attached hydrogen (secondary N) is 1. The van der Waals surface area contributed by atoms with Crippen LogP contribution in [0.25, 0.3) is 11.0 Å². The second-order valence-corrected chi connectivity index (χ2v) is 8.82. The highest BCUT2D eigenvalue weighted by Crippen LogP contribution is 2.26. The lowest BCUT2D eigenvalue weighted by molar-refractivity contribution is 0.313. The SMILES string of the molecule is Cc1cn(N2CCCCC2)c2nc(Nc3ccc(N4CCN(C)CC4)cn3)nc(C)c12. The first kappa shape index (κ1) is 20.1. The van der Waals surface area contributed by atoms with Crippen LogP contribution in [0.15, 0.2) is 24.5 Å². The summed E-state index contributed by atoms with van der Waals surface area (Å²) in [5.74, 6) is 1.37. The Balaban J connectivity index is 1.39. The summed E-state index contributed by atoms with van der Waals surface area (Å²) >= 11 is 0. The van der Waals surface area contributed by atoms with Crippen molar-refractivity contribution in [1.29, 1.82) is 0 Å². The topological polar surface area (TPSA) is 65.4 Å². The second-order valence-electron chi connectivity index (χ2n) is 8.82. The molecule has 8 nitrogen and oxygen atoms in total. The lowest BCUT2D eigenvalue weighted by atomic mass is 10.2. The van der Waals surface area contributed by atoms with E-state index >= 15 is 0 Å². The molecule has 0 unspecified atom stereocenters. The number of aromatic nitrogens is 4. The second kappa shape index (κ2) is 8.34. The molecule has 2 aliphatic rings. The number of piperidine rings is 1. The molecule has 0 radical (unpaired) electrons. The van der Waals surface area contributed by atoms with Gasteiger partial charge in [-0.1, -0.05) is 0 Å². The number of piperazine rings is 1. The van der Waals surface area contributed by atoms with Crippen LogP contribution in [0.1, 0.15) is 30.5 Å². The minimum atomic E-state index is 0.598. The van der Waals surface area contributed by atoms with Crippen LogP contribution >= 0.6 is 0 Å². The van der Waals surface area contributed by atoms with E-state index in [1.54, 1.807) is 0 Å². The van der Waals surface area contributed by atoms with E-state index in [1.165, 1.54) is 30.5 Å². The van der Waals surface area contributed by atoms with Crippen LogP contribution in [-0.4, -0.2) is 70.8 Å². The van der Waals surface area contributed by atoms with E-state index in [4.69, 9.17) is 9.97 Å². The third kappa shape index (κ3) is 4.04. The normalized spacial score (nSPS) is 18.0. The quantitative estimate of drug-likeness (QED) is 0.696. The van der Waals surface area contributed by atoms with Gasteiger partial charge in [0.05, 0.1) is 17.6 Å². The molecular weight excluding hydrogens is 388 g/mol.